The number of nitrogens with one attached hydrogen (secondary N) is 1. The van der Waals surface area contributed by atoms with Crippen LogP contribution in [0.3, 0.4) is 0 Å². The number of fused-ring (bicyclic) bond motifs is 1. The van der Waals surface area contributed by atoms with E-state index < -0.39 is 8.32 Å². The van der Waals surface area contributed by atoms with Crippen LogP contribution in [0.15, 0.2) is 12.2 Å². The number of β-lactam (4-membered cyclic amide) rings is 1. The zero-order valence-electron chi connectivity index (χ0n) is 13.4. The van der Waals surface area contributed by atoms with Crippen LogP contribution >= 0.6 is 0 Å². The Balaban J connectivity index is 2.24. The topological polar surface area (TPSA) is 38.3 Å². The maximum absolute atomic E-state index is 11.7. The summed E-state index contributed by atoms with van der Waals surface area (Å²) in [6.07, 6.45) is 3.79. The molecule has 1 heterocycles. The Bertz CT molecular complexity index is 578. The second-order valence-corrected chi connectivity index (χ2v) is 11.8. The van der Waals surface area contributed by atoms with Crippen molar-refractivity contribution in [3.8, 4) is 23.7 Å². The summed E-state index contributed by atoms with van der Waals surface area (Å²) in [5.74, 6) is 12.0. The summed E-state index contributed by atoms with van der Waals surface area (Å²) in [5, 5.41) is 3.06. The van der Waals surface area contributed by atoms with Gasteiger partial charge in [-0.15, -0.1) is 0 Å². The molecule has 0 bridgehead atoms. The Morgan fingerprint density at radius 2 is 1.95 bits per heavy atom. The lowest BCUT2D eigenvalue weighted by molar-refractivity contribution is -0.137. The second kappa shape index (κ2) is 5.71. The SMILES string of the molecule is CC(C)(C)[Si](C)(C)OC1C#C/C=C\C#CC[C@@H]2C(=O)N[C@@H]12. The van der Waals surface area contributed by atoms with Crippen molar-refractivity contribution in [3.63, 3.8) is 0 Å². The van der Waals surface area contributed by atoms with Crippen molar-refractivity contribution < 1.29 is 9.22 Å². The van der Waals surface area contributed by atoms with E-state index >= 15 is 0 Å². The molecule has 0 radical (unpaired) electrons. The Kier molecular flexibility index (Phi) is 4.32. The van der Waals surface area contributed by atoms with Crippen LogP contribution in [-0.4, -0.2) is 26.4 Å². The first-order chi connectivity index (χ1) is 9.72. The molecule has 0 aromatic heterocycles. The average molecular weight is 301 g/mol. The average Bonchev–Trinajstić information content (AvgIpc) is 2.35. The molecule has 4 heteroatoms. The van der Waals surface area contributed by atoms with Gasteiger partial charge < -0.3 is 9.74 Å². The van der Waals surface area contributed by atoms with Gasteiger partial charge in [0.25, 0.3) is 0 Å². The molecule has 1 amide bonds. The summed E-state index contributed by atoms with van der Waals surface area (Å²) < 4.78 is 6.43. The van der Waals surface area contributed by atoms with Gasteiger partial charge in [-0.3, -0.25) is 4.79 Å². The number of carbonyl (C=O) groups excluding carboxylic acids is 1. The highest BCUT2D eigenvalue weighted by Gasteiger charge is 2.47. The third-order valence-electron chi connectivity index (χ3n) is 4.53. The zero-order chi connectivity index (χ0) is 15.7. The number of allylic oxidation sites excluding steroid dienone is 2. The van der Waals surface area contributed by atoms with Gasteiger partial charge >= 0.3 is 0 Å². The molecule has 1 unspecified atom stereocenters. The lowest BCUT2D eigenvalue weighted by Crippen LogP contribution is -2.65. The summed E-state index contributed by atoms with van der Waals surface area (Å²) in [5.41, 5.74) is 0. The molecular formula is C17H23NO2Si. The van der Waals surface area contributed by atoms with E-state index in [1.807, 2.05) is 0 Å². The van der Waals surface area contributed by atoms with Gasteiger partial charge in [0.2, 0.25) is 5.91 Å². The first-order valence-electron chi connectivity index (χ1n) is 7.35. The standard InChI is InChI=1S/C17H23NO2Si/c1-17(2,3)21(4,5)20-14-12-10-8-6-7-9-11-13-15(14)18-16(13)19/h6,8,13-15H,11H2,1-5H3,(H,18,19)/b8-6-/t13-,14?,15+/m0/s1. The van der Waals surface area contributed by atoms with Crippen molar-refractivity contribution in [1.82, 2.24) is 5.32 Å². The van der Waals surface area contributed by atoms with Crippen molar-refractivity contribution in [3.05, 3.63) is 12.2 Å². The van der Waals surface area contributed by atoms with Gasteiger partial charge in [0.15, 0.2) is 8.32 Å². The number of amides is 1. The van der Waals surface area contributed by atoms with Crippen LogP contribution in [0.1, 0.15) is 27.2 Å². The molecular weight excluding hydrogens is 278 g/mol. The molecule has 1 fully saturated rings. The molecule has 1 saturated heterocycles. The molecule has 0 aromatic carbocycles. The van der Waals surface area contributed by atoms with E-state index in [0.29, 0.717) is 6.42 Å². The molecule has 0 spiro atoms. The molecule has 1 aliphatic carbocycles. The van der Waals surface area contributed by atoms with E-state index in [9.17, 15) is 4.79 Å². The molecule has 3 atom stereocenters. The molecule has 21 heavy (non-hydrogen) atoms. The van der Waals surface area contributed by atoms with Crippen molar-refractivity contribution in [1.29, 1.82) is 0 Å². The largest absolute Gasteiger partial charge is 0.401 e. The summed E-state index contributed by atoms with van der Waals surface area (Å²) in [6.45, 7) is 11.0. The lowest BCUT2D eigenvalue weighted by Gasteiger charge is -2.44. The quantitative estimate of drug-likeness (QED) is 0.483. The van der Waals surface area contributed by atoms with Crippen molar-refractivity contribution in [2.24, 2.45) is 5.92 Å². The maximum atomic E-state index is 11.7. The van der Waals surface area contributed by atoms with Gasteiger partial charge in [-0.1, -0.05) is 44.5 Å². The molecule has 1 aliphatic heterocycles. The number of hydrogen-bond donors (Lipinski definition) is 1. The minimum Gasteiger partial charge on any atom is -0.401 e. The monoisotopic (exact) mass is 301 g/mol. The Hall–Kier alpha value is -1.49. The van der Waals surface area contributed by atoms with Crippen LogP contribution in [-0.2, 0) is 9.22 Å². The predicted molar refractivity (Wildman–Crippen MR) is 86.8 cm³/mol. The normalized spacial score (nSPS) is 29.6. The molecule has 3 nitrogen and oxygen atoms in total. The van der Waals surface area contributed by atoms with Crippen LogP contribution in [0.4, 0.5) is 0 Å². The first kappa shape index (κ1) is 15.9. The summed E-state index contributed by atoms with van der Waals surface area (Å²) in [4.78, 5) is 11.7. The first-order valence-corrected chi connectivity index (χ1v) is 10.3. The van der Waals surface area contributed by atoms with Crippen molar-refractivity contribution in [2.45, 2.75) is 57.5 Å². The Labute approximate surface area is 128 Å². The molecule has 2 aliphatic rings. The Morgan fingerprint density at radius 3 is 2.57 bits per heavy atom. The fourth-order valence-corrected chi connectivity index (χ4v) is 3.27. The minimum atomic E-state index is -1.93. The summed E-state index contributed by atoms with van der Waals surface area (Å²) >= 11 is 0. The highest BCUT2D eigenvalue weighted by molar-refractivity contribution is 6.74. The number of hydrogen-bond acceptors (Lipinski definition) is 2. The number of carbonyl (C=O) groups is 1. The van der Waals surface area contributed by atoms with Crippen LogP contribution in [0.2, 0.25) is 18.1 Å². The third-order valence-corrected chi connectivity index (χ3v) is 8.99. The number of rotatable bonds is 2. The van der Waals surface area contributed by atoms with Gasteiger partial charge in [0, 0.05) is 6.42 Å². The smallest absolute Gasteiger partial charge is 0.226 e. The molecule has 112 valence electrons. The van der Waals surface area contributed by atoms with Crippen LogP contribution in [0.25, 0.3) is 0 Å². The van der Waals surface area contributed by atoms with E-state index in [1.165, 1.54) is 0 Å². The van der Waals surface area contributed by atoms with E-state index in [4.69, 9.17) is 4.43 Å². The molecule has 0 saturated carbocycles. The van der Waals surface area contributed by atoms with Gasteiger partial charge in [-0.25, -0.2) is 0 Å². The lowest BCUT2D eigenvalue weighted by atomic mass is 9.84. The van der Waals surface area contributed by atoms with Crippen LogP contribution in [0.5, 0.6) is 0 Å². The fraction of sp³-hybridized carbons (Fsp3) is 0.588. The molecule has 2 rings (SSSR count). The zero-order valence-corrected chi connectivity index (χ0v) is 14.4. The second-order valence-electron chi connectivity index (χ2n) is 7.09. The molecule has 1 N–H and O–H groups in total. The van der Waals surface area contributed by atoms with E-state index in [0.717, 1.165) is 0 Å². The van der Waals surface area contributed by atoms with Gasteiger partial charge in [-0.2, -0.15) is 0 Å². The third kappa shape index (κ3) is 3.40. The van der Waals surface area contributed by atoms with Crippen LogP contribution in [0, 0.1) is 29.6 Å². The predicted octanol–water partition coefficient (Wildman–Crippen LogP) is 2.46. The maximum Gasteiger partial charge on any atom is 0.226 e. The van der Waals surface area contributed by atoms with Gasteiger partial charge in [-0.05, 0) is 30.3 Å². The van der Waals surface area contributed by atoms with Gasteiger partial charge in [0.1, 0.15) is 6.10 Å². The van der Waals surface area contributed by atoms with Crippen molar-refractivity contribution in [2.75, 3.05) is 0 Å². The van der Waals surface area contributed by atoms with E-state index in [1.54, 1.807) is 12.2 Å². The molecule has 0 aromatic rings. The fourth-order valence-electron chi connectivity index (χ4n) is 2.07. The minimum absolute atomic E-state index is 0.0417. The van der Waals surface area contributed by atoms with Crippen LogP contribution < -0.4 is 5.32 Å². The highest BCUT2D eigenvalue weighted by Crippen LogP contribution is 2.38. The van der Waals surface area contributed by atoms with Crippen molar-refractivity contribution >= 4 is 14.2 Å². The summed E-state index contributed by atoms with van der Waals surface area (Å²) in [7, 11) is -1.93. The Morgan fingerprint density at radius 1 is 1.29 bits per heavy atom. The van der Waals surface area contributed by atoms with E-state index in [-0.39, 0.29) is 29.0 Å². The van der Waals surface area contributed by atoms with E-state index in [2.05, 4.69) is 62.9 Å². The highest BCUT2D eigenvalue weighted by atomic mass is 28.4. The van der Waals surface area contributed by atoms with Gasteiger partial charge in [0.05, 0.1) is 12.0 Å². The summed E-state index contributed by atoms with van der Waals surface area (Å²) in [6, 6.07) is -0.0417.